The Morgan fingerprint density at radius 2 is 2.07 bits per heavy atom. The number of hydrogen-bond acceptors (Lipinski definition) is 2. The minimum absolute atomic E-state index is 0.0922. The van der Waals surface area contributed by atoms with Crippen molar-refractivity contribution in [1.29, 1.82) is 5.41 Å². The number of nitrogens with one attached hydrogen (secondary N) is 3. The number of carbonyl (C=O) groups excluding carboxylic acids is 1. The number of nitrogens with two attached hydrogens (primary N) is 1. The third-order valence-corrected chi connectivity index (χ3v) is 2.60. The van der Waals surface area contributed by atoms with Crippen LogP contribution in [0.2, 0.25) is 0 Å². The molecule has 1 aliphatic rings. The molecule has 15 heavy (non-hydrogen) atoms. The van der Waals surface area contributed by atoms with Crippen LogP contribution in [0.3, 0.4) is 0 Å². The van der Waals surface area contributed by atoms with Crippen molar-refractivity contribution in [3.63, 3.8) is 0 Å². The molecule has 1 rings (SSSR count). The Kier molecular flexibility index (Phi) is 4.93. The molecule has 0 aliphatic heterocycles. The Bertz CT molecular complexity index is 223. The third-order valence-electron chi connectivity index (χ3n) is 2.60. The van der Waals surface area contributed by atoms with Gasteiger partial charge in [-0.15, -0.1) is 0 Å². The number of carbonyl (C=O) groups is 1. The molecule has 0 aromatic heterocycles. The molecular weight excluding hydrogens is 192 g/mol. The van der Waals surface area contributed by atoms with Crippen molar-refractivity contribution < 1.29 is 4.79 Å². The lowest BCUT2D eigenvalue weighted by Crippen LogP contribution is -2.41. The molecule has 1 saturated carbocycles. The van der Waals surface area contributed by atoms with Gasteiger partial charge in [0.05, 0.1) is 5.84 Å². The van der Waals surface area contributed by atoms with Crippen molar-refractivity contribution in [2.75, 3.05) is 6.54 Å². The summed E-state index contributed by atoms with van der Waals surface area (Å²) >= 11 is 0. The standard InChI is InChI=1S/C10H20N4O/c11-9(12)6-3-7-13-10(15)14-8-4-1-2-5-8/h8H,1-7H2,(H3,11,12)(H2,13,14,15). The van der Waals surface area contributed by atoms with E-state index in [1.54, 1.807) is 0 Å². The summed E-state index contributed by atoms with van der Waals surface area (Å²) in [4.78, 5) is 11.3. The van der Waals surface area contributed by atoms with Gasteiger partial charge in [0.15, 0.2) is 0 Å². The zero-order valence-electron chi connectivity index (χ0n) is 9.01. The lowest BCUT2D eigenvalue weighted by Gasteiger charge is -2.12. The lowest BCUT2D eigenvalue weighted by molar-refractivity contribution is 0.237. The Morgan fingerprint density at radius 3 is 2.67 bits per heavy atom. The highest BCUT2D eigenvalue weighted by molar-refractivity contribution is 5.77. The summed E-state index contributed by atoms with van der Waals surface area (Å²) in [6, 6.07) is 0.267. The first-order valence-corrected chi connectivity index (χ1v) is 5.56. The molecule has 0 saturated heterocycles. The van der Waals surface area contributed by atoms with E-state index in [9.17, 15) is 4.79 Å². The van der Waals surface area contributed by atoms with Crippen LogP contribution < -0.4 is 16.4 Å². The Labute approximate surface area is 90.3 Å². The van der Waals surface area contributed by atoms with Crippen molar-refractivity contribution in [3.8, 4) is 0 Å². The highest BCUT2D eigenvalue weighted by Gasteiger charge is 2.16. The van der Waals surface area contributed by atoms with Crippen molar-refractivity contribution in [3.05, 3.63) is 0 Å². The summed E-state index contributed by atoms with van der Waals surface area (Å²) in [6.45, 7) is 0.581. The minimum atomic E-state index is -0.0922. The van der Waals surface area contributed by atoms with Crippen molar-refractivity contribution in [1.82, 2.24) is 10.6 Å². The molecule has 5 heteroatoms. The fourth-order valence-corrected chi connectivity index (χ4v) is 1.79. The Balaban J connectivity index is 2.00. The summed E-state index contributed by atoms with van der Waals surface area (Å²) in [5.74, 6) is 0.174. The molecule has 86 valence electrons. The second-order valence-electron chi connectivity index (χ2n) is 4.01. The summed E-state index contributed by atoms with van der Waals surface area (Å²) in [6.07, 6.45) is 5.91. The summed E-state index contributed by atoms with van der Waals surface area (Å²) in [5.41, 5.74) is 5.20. The number of amidine groups is 1. The van der Waals surface area contributed by atoms with Crippen LogP contribution >= 0.6 is 0 Å². The molecule has 0 atom stereocenters. The molecule has 0 bridgehead atoms. The van der Waals surface area contributed by atoms with Crippen LogP contribution in [0.15, 0.2) is 0 Å². The van der Waals surface area contributed by atoms with Gasteiger partial charge in [-0.25, -0.2) is 4.79 Å². The average Bonchev–Trinajstić information content (AvgIpc) is 2.64. The molecule has 0 heterocycles. The molecule has 0 aromatic carbocycles. The van der Waals surface area contributed by atoms with Crippen LogP contribution in [0.1, 0.15) is 38.5 Å². The van der Waals surface area contributed by atoms with Gasteiger partial charge in [0, 0.05) is 19.0 Å². The average molecular weight is 212 g/mol. The first-order chi connectivity index (χ1) is 7.18. The summed E-state index contributed by atoms with van der Waals surface area (Å²) in [5, 5.41) is 12.7. The Morgan fingerprint density at radius 1 is 1.40 bits per heavy atom. The number of amides is 2. The number of rotatable bonds is 5. The molecular formula is C10H20N4O. The third kappa shape index (κ3) is 5.24. The molecule has 5 nitrogen and oxygen atoms in total. The molecule has 1 fully saturated rings. The maximum absolute atomic E-state index is 11.3. The van der Waals surface area contributed by atoms with Crippen LogP contribution in [0.4, 0.5) is 4.79 Å². The monoisotopic (exact) mass is 212 g/mol. The van der Waals surface area contributed by atoms with Crippen LogP contribution in [-0.4, -0.2) is 24.5 Å². The zero-order chi connectivity index (χ0) is 11.1. The van der Waals surface area contributed by atoms with Gasteiger partial charge >= 0.3 is 6.03 Å². The van der Waals surface area contributed by atoms with Gasteiger partial charge in [0.25, 0.3) is 0 Å². The van der Waals surface area contributed by atoms with Gasteiger partial charge in [0.1, 0.15) is 0 Å². The second kappa shape index (κ2) is 6.27. The largest absolute Gasteiger partial charge is 0.388 e. The first kappa shape index (κ1) is 11.8. The molecule has 0 spiro atoms. The normalized spacial score (nSPS) is 16.3. The van der Waals surface area contributed by atoms with E-state index in [1.165, 1.54) is 12.8 Å². The lowest BCUT2D eigenvalue weighted by atomic mass is 10.2. The van der Waals surface area contributed by atoms with E-state index in [4.69, 9.17) is 11.1 Å². The second-order valence-corrected chi connectivity index (χ2v) is 4.01. The summed E-state index contributed by atoms with van der Waals surface area (Å²) in [7, 11) is 0. The maximum Gasteiger partial charge on any atom is 0.315 e. The van der Waals surface area contributed by atoms with E-state index in [-0.39, 0.29) is 11.9 Å². The van der Waals surface area contributed by atoms with Crippen LogP contribution in [-0.2, 0) is 0 Å². The number of urea groups is 1. The minimum Gasteiger partial charge on any atom is -0.388 e. The van der Waals surface area contributed by atoms with Gasteiger partial charge in [-0.2, -0.15) is 0 Å². The zero-order valence-corrected chi connectivity index (χ0v) is 9.01. The van der Waals surface area contributed by atoms with Gasteiger partial charge in [0.2, 0.25) is 0 Å². The van der Waals surface area contributed by atoms with Crippen LogP contribution in [0.5, 0.6) is 0 Å². The number of hydrogen-bond donors (Lipinski definition) is 4. The predicted molar refractivity (Wildman–Crippen MR) is 59.9 cm³/mol. The van der Waals surface area contributed by atoms with E-state index in [0.29, 0.717) is 19.0 Å². The van der Waals surface area contributed by atoms with E-state index in [1.807, 2.05) is 0 Å². The fraction of sp³-hybridized carbons (Fsp3) is 0.800. The van der Waals surface area contributed by atoms with Gasteiger partial charge in [-0.3, -0.25) is 5.41 Å². The van der Waals surface area contributed by atoms with Crippen LogP contribution in [0, 0.1) is 5.41 Å². The van der Waals surface area contributed by atoms with Gasteiger partial charge in [-0.1, -0.05) is 12.8 Å². The van der Waals surface area contributed by atoms with E-state index in [0.717, 1.165) is 19.3 Å². The molecule has 5 N–H and O–H groups in total. The molecule has 1 aliphatic carbocycles. The highest BCUT2D eigenvalue weighted by atomic mass is 16.2. The van der Waals surface area contributed by atoms with Crippen molar-refractivity contribution in [2.45, 2.75) is 44.6 Å². The van der Waals surface area contributed by atoms with Crippen molar-refractivity contribution >= 4 is 11.9 Å². The highest BCUT2D eigenvalue weighted by Crippen LogP contribution is 2.17. The summed E-state index contributed by atoms with van der Waals surface area (Å²) < 4.78 is 0. The van der Waals surface area contributed by atoms with Gasteiger partial charge in [-0.05, 0) is 19.3 Å². The Hall–Kier alpha value is -1.26. The SMILES string of the molecule is N=C(N)CCCNC(=O)NC1CCCC1. The van der Waals surface area contributed by atoms with Gasteiger partial charge < -0.3 is 16.4 Å². The maximum atomic E-state index is 11.3. The molecule has 2 amide bonds. The molecule has 0 unspecified atom stereocenters. The quantitative estimate of drug-likeness (QED) is 0.310. The predicted octanol–water partition coefficient (Wildman–Crippen LogP) is 0.944. The van der Waals surface area contributed by atoms with Crippen molar-refractivity contribution in [2.24, 2.45) is 5.73 Å². The van der Waals surface area contributed by atoms with E-state index < -0.39 is 0 Å². The fourth-order valence-electron chi connectivity index (χ4n) is 1.79. The molecule has 0 radical (unpaired) electrons. The smallest absolute Gasteiger partial charge is 0.315 e. The van der Waals surface area contributed by atoms with Crippen LogP contribution in [0.25, 0.3) is 0 Å². The first-order valence-electron chi connectivity index (χ1n) is 5.56. The van der Waals surface area contributed by atoms with E-state index >= 15 is 0 Å². The topological polar surface area (TPSA) is 91.0 Å². The molecule has 0 aromatic rings. The van der Waals surface area contributed by atoms with E-state index in [2.05, 4.69) is 10.6 Å².